The van der Waals surface area contributed by atoms with Crippen LogP contribution in [0.2, 0.25) is 0 Å². The van der Waals surface area contributed by atoms with E-state index >= 15 is 0 Å². The molecule has 3 rings (SSSR count). The first kappa shape index (κ1) is 9.22. The highest BCUT2D eigenvalue weighted by Gasteiger charge is 2.07. The van der Waals surface area contributed by atoms with Gasteiger partial charge in [0.25, 0.3) is 0 Å². The monoisotopic (exact) mass is 206 g/mol. The third-order valence-electron chi connectivity index (χ3n) is 2.77. The molecule has 77 valence electrons. The summed E-state index contributed by atoms with van der Waals surface area (Å²) < 4.78 is 0. The minimum absolute atomic E-state index is 1.13. The lowest BCUT2D eigenvalue weighted by Gasteiger charge is -2.08. The van der Waals surface area contributed by atoms with Gasteiger partial charge in [0, 0.05) is 18.3 Å². The average Bonchev–Trinajstić information content (AvgIpc) is 2.61. The van der Waals surface area contributed by atoms with Gasteiger partial charge in [-0.15, -0.1) is 0 Å². The van der Waals surface area contributed by atoms with Crippen LogP contribution in [0.3, 0.4) is 0 Å². The Hall–Kier alpha value is -2.02. The van der Waals surface area contributed by atoms with Crippen molar-refractivity contribution in [3.63, 3.8) is 0 Å². The van der Waals surface area contributed by atoms with Gasteiger partial charge in [-0.25, -0.2) is 0 Å². The molecule has 0 amide bonds. The van der Waals surface area contributed by atoms with E-state index in [0.29, 0.717) is 0 Å². The van der Waals surface area contributed by atoms with E-state index in [2.05, 4.69) is 48.2 Å². The number of fused-ring (bicyclic) bond motifs is 1. The van der Waals surface area contributed by atoms with E-state index in [1.165, 1.54) is 16.7 Å². The summed E-state index contributed by atoms with van der Waals surface area (Å²) >= 11 is 0. The zero-order valence-corrected chi connectivity index (χ0v) is 8.85. The molecule has 1 heteroatoms. The molecule has 1 aromatic rings. The Kier molecular flexibility index (Phi) is 2.22. The zero-order valence-electron chi connectivity index (χ0n) is 8.85. The smallest absolute Gasteiger partial charge is 0.0453 e. The van der Waals surface area contributed by atoms with Crippen molar-refractivity contribution in [2.45, 2.75) is 0 Å². The van der Waals surface area contributed by atoms with Crippen molar-refractivity contribution in [2.75, 3.05) is 0 Å². The summed E-state index contributed by atoms with van der Waals surface area (Å²) in [6.45, 7) is 0. The van der Waals surface area contributed by atoms with Gasteiger partial charge in [0.2, 0.25) is 0 Å². The molecule has 0 fully saturated rings. The van der Waals surface area contributed by atoms with E-state index in [1.54, 1.807) is 0 Å². The SMILES string of the molecule is [CH]1C=Cc2cc(C3=CC=CC=CN3)ccc21. The third-order valence-corrected chi connectivity index (χ3v) is 2.77. The minimum Gasteiger partial charge on any atom is -0.361 e. The first-order valence-electron chi connectivity index (χ1n) is 5.39. The van der Waals surface area contributed by atoms with Gasteiger partial charge < -0.3 is 5.32 Å². The standard InChI is InChI=1S/C15H12N/c1-2-7-15(16-10-3-1)14-9-8-12-5-4-6-13(12)11-14/h1-11,16H. The number of nitrogens with one attached hydrogen (secondary N) is 1. The van der Waals surface area contributed by atoms with Crippen LogP contribution in [0.15, 0.2) is 54.8 Å². The second kappa shape index (κ2) is 3.86. The Labute approximate surface area is 95.5 Å². The van der Waals surface area contributed by atoms with Gasteiger partial charge in [0.05, 0.1) is 0 Å². The maximum Gasteiger partial charge on any atom is 0.0453 e. The Bertz CT molecular complexity index is 530. The van der Waals surface area contributed by atoms with Gasteiger partial charge in [-0.2, -0.15) is 0 Å². The lowest BCUT2D eigenvalue weighted by Crippen LogP contribution is -2.03. The molecule has 16 heavy (non-hydrogen) atoms. The predicted octanol–water partition coefficient (Wildman–Crippen LogP) is 3.28. The molecule has 1 N–H and O–H groups in total. The van der Waals surface area contributed by atoms with E-state index in [-0.39, 0.29) is 0 Å². The molecule has 1 aliphatic carbocycles. The predicted molar refractivity (Wildman–Crippen MR) is 68.3 cm³/mol. The van der Waals surface area contributed by atoms with Crippen LogP contribution in [0.4, 0.5) is 0 Å². The van der Waals surface area contributed by atoms with E-state index in [9.17, 15) is 0 Å². The maximum atomic E-state index is 3.27. The molecule has 0 atom stereocenters. The van der Waals surface area contributed by atoms with Crippen LogP contribution in [-0.2, 0) is 0 Å². The molecule has 2 aliphatic rings. The molecular weight excluding hydrogens is 194 g/mol. The van der Waals surface area contributed by atoms with Crippen LogP contribution < -0.4 is 5.32 Å². The lowest BCUT2D eigenvalue weighted by atomic mass is 10.0. The van der Waals surface area contributed by atoms with Crippen LogP contribution in [0.1, 0.15) is 16.7 Å². The van der Waals surface area contributed by atoms with Gasteiger partial charge in [0.1, 0.15) is 0 Å². The fourth-order valence-electron chi connectivity index (χ4n) is 1.93. The summed E-state index contributed by atoms with van der Waals surface area (Å²) in [6, 6.07) is 6.51. The topological polar surface area (TPSA) is 12.0 Å². The molecule has 1 radical (unpaired) electrons. The van der Waals surface area contributed by atoms with Crippen molar-refractivity contribution >= 4 is 11.8 Å². The number of hydrogen-bond donors (Lipinski definition) is 1. The molecule has 1 aromatic carbocycles. The molecule has 0 saturated heterocycles. The summed E-state index contributed by atoms with van der Waals surface area (Å²) in [5.74, 6) is 0. The normalized spacial score (nSPS) is 16.6. The Morgan fingerprint density at radius 2 is 1.88 bits per heavy atom. The molecule has 1 aliphatic heterocycles. The first-order valence-corrected chi connectivity index (χ1v) is 5.39. The number of allylic oxidation sites excluding steroid dienone is 5. The van der Waals surface area contributed by atoms with Crippen molar-refractivity contribution in [2.24, 2.45) is 0 Å². The molecule has 0 bridgehead atoms. The molecule has 1 nitrogen and oxygen atoms in total. The van der Waals surface area contributed by atoms with Gasteiger partial charge in [-0.1, -0.05) is 36.4 Å². The van der Waals surface area contributed by atoms with Crippen molar-refractivity contribution < 1.29 is 0 Å². The maximum absolute atomic E-state index is 3.27. The van der Waals surface area contributed by atoms with Crippen LogP contribution >= 0.6 is 0 Å². The summed E-state index contributed by atoms with van der Waals surface area (Å²) in [5, 5.41) is 3.27. The highest BCUT2D eigenvalue weighted by molar-refractivity contribution is 5.73. The molecule has 1 heterocycles. The van der Waals surface area contributed by atoms with E-state index in [1.807, 2.05) is 24.4 Å². The summed E-state index contributed by atoms with van der Waals surface area (Å²) in [6.07, 6.45) is 16.4. The highest BCUT2D eigenvalue weighted by Crippen LogP contribution is 2.24. The largest absolute Gasteiger partial charge is 0.361 e. The quantitative estimate of drug-likeness (QED) is 0.743. The Morgan fingerprint density at radius 1 is 0.875 bits per heavy atom. The minimum atomic E-state index is 1.13. The van der Waals surface area contributed by atoms with Crippen molar-refractivity contribution in [1.29, 1.82) is 0 Å². The molecule has 0 spiro atoms. The second-order valence-corrected chi connectivity index (χ2v) is 3.84. The van der Waals surface area contributed by atoms with Gasteiger partial charge in [-0.05, 0) is 34.9 Å². The fraction of sp³-hybridized carbons (Fsp3) is 0. The van der Waals surface area contributed by atoms with Crippen LogP contribution in [0.25, 0.3) is 11.8 Å². The summed E-state index contributed by atoms with van der Waals surface area (Å²) in [7, 11) is 0. The molecule has 0 aromatic heterocycles. The van der Waals surface area contributed by atoms with E-state index < -0.39 is 0 Å². The summed E-state index contributed by atoms with van der Waals surface area (Å²) in [5.41, 5.74) is 4.93. The van der Waals surface area contributed by atoms with Crippen LogP contribution in [0.5, 0.6) is 0 Å². The Balaban J connectivity index is 2.01. The van der Waals surface area contributed by atoms with Crippen LogP contribution in [-0.4, -0.2) is 0 Å². The lowest BCUT2D eigenvalue weighted by molar-refractivity contribution is 1.22. The average molecular weight is 206 g/mol. The summed E-state index contributed by atoms with van der Waals surface area (Å²) in [4.78, 5) is 0. The van der Waals surface area contributed by atoms with Crippen molar-refractivity contribution in [3.05, 3.63) is 77.9 Å². The first-order chi connectivity index (χ1) is 7.93. The van der Waals surface area contributed by atoms with Gasteiger partial charge in [-0.3, -0.25) is 0 Å². The number of hydrogen-bond acceptors (Lipinski definition) is 1. The Morgan fingerprint density at radius 3 is 2.88 bits per heavy atom. The van der Waals surface area contributed by atoms with Crippen molar-refractivity contribution in [3.8, 4) is 0 Å². The van der Waals surface area contributed by atoms with Crippen LogP contribution in [0, 0.1) is 6.42 Å². The van der Waals surface area contributed by atoms with Gasteiger partial charge in [0.15, 0.2) is 0 Å². The van der Waals surface area contributed by atoms with E-state index in [4.69, 9.17) is 0 Å². The number of benzene rings is 1. The van der Waals surface area contributed by atoms with Crippen molar-refractivity contribution in [1.82, 2.24) is 5.32 Å². The third kappa shape index (κ3) is 1.61. The number of rotatable bonds is 1. The highest BCUT2D eigenvalue weighted by atomic mass is 14.8. The fourth-order valence-corrected chi connectivity index (χ4v) is 1.93. The zero-order chi connectivity index (χ0) is 10.8. The van der Waals surface area contributed by atoms with Gasteiger partial charge >= 0.3 is 0 Å². The molecular formula is C15H12N. The molecule has 0 unspecified atom stereocenters. The molecule has 0 saturated carbocycles. The second-order valence-electron chi connectivity index (χ2n) is 3.84. The van der Waals surface area contributed by atoms with E-state index in [0.717, 1.165) is 5.70 Å².